The highest BCUT2D eigenvalue weighted by Crippen LogP contribution is 2.15. The number of aromatic nitrogens is 2. The Morgan fingerprint density at radius 1 is 1.20 bits per heavy atom. The minimum atomic E-state index is -0.570. The number of nitrogens with zero attached hydrogens (tertiary/aromatic N) is 4. The van der Waals surface area contributed by atoms with E-state index in [1.165, 1.54) is 11.6 Å². The maximum absolute atomic E-state index is 12.2. The van der Waals surface area contributed by atoms with E-state index in [-0.39, 0.29) is 17.4 Å². The summed E-state index contributed by atoms with van der Waals surface area (Å²) < 4.78 is 7.70. The molecular weight excluding hydrogens is 322 g/mol. The Bertz CT molecular complexity index is 753. The second-order valence-electron chi connectivity index (χ2n) is 6.85. The second-order valence-corrected chi connectivity index (χ2v) is 6.85. The van der Waals surface area contributed by atoms with Gasteiger partial charge in [0, 0.05) is 39.8 Å². The molecule has 1 saturated heterocycles. The highest BCUT2D eigenvalue weighted by molar-refractivity contribution is 5.51. The minimum absolute atomic E-state index is 0.0325. The Morgan fingerprint density at radius 2 is 1.84 bits per heavy atom. The van der Waals surface area contributed by atoms with Crippen LogP contribution in [-0.4, -0.2) is 52.9 Å². The Balaban J connectivity index is 2.27. The molecule has 0 saturated carbocycles. The van der Waals surface area contributed by atoms with Crippen molar-refractivity contribution in [1.29, 1.82) is 5.26 Å². The first kappa shape index (κ1) is 19.2. The Morgan fingerprint density at radius 3 is 2.40 bits per heavy atom. The van der Waals surface area contributed by atoms with Gasteiger partial charge in [0.15, 0.2) is 5.56 Å². The summed E-state index contributed by atoms with van der Waals surface area (Å²) in [5.74, 6) is 0.801. The molecule has 0 radical (unpaired) electrons. The van der Waals surface area contributed by atoms with Crippen LogP contribution in [0.2, 0.25) is 0 Å². The first-order chi connectivity index (χ1) is 11.9. The summed E-state index contributed by atoms with van der Waals surface area (Å²) in [5, 5.41) is 12.5. The first-order valence-corrected chi connectivity index (χ1v) is 8.62. The van der Waals surface area contributed by atoms with Crippen molar-refractivity contribution in [1.82, 2.24) is 14.0 Å². The van der Waals surface area contributed by atoms with Crippen LogP contribution in [0, 0.1) is 17.2 Å². The van der Waals surface area contributed by atoms with Crippen LogP contribution in [-0.2, 0) is 18.8 Å². The molecule has 2 heterocycles. The largest absolute Gasteiger partial charge is 0.379 e. The monoisotopic (exact) mass is 349 g/mol. The molecule has 1 atom stereocenters. The zero-order valence-corrected chi connectivity index (χ0v) is 15.4. The maximum Gasteiger partial charge on any atom is 0.332 e. The van der Waals surface area contributed by atoms with Crippen LogP contribution in [0.1, 0.15) is 25.8 Å². The minimum Gasteiger partial charge on any atom is -0.379 e. The third kappa shape index (κ3) is 4.30. The van der Waals surface area contributed by atoms with Crippen LogP contribution in [0.3, 0.4) is 0 Å². The topological polar surface area (TPSA) is 92.3 Å². The molecular formula is C17H27N5O3. The quantitative estimate of drug-likeness (QED) is 0.784. The van der Waals surface area contributed by atoms with Crippen LogP contribution in [0.25, 0.3) is 0 Å². The average molecular weight is 349 g/mol. The molecule has 1 aliphatic rings. The highest BCUT2D eigenvalue weighted by Gasteiger charge is 2.23. The van der Waals surface area contributed by atoms with Gasteiger partial charge in [-0.15, -0.1) is 0 Å². The van der Waals surface area contributed by atoms with Crippen molar-refractivity contribution in [3.63, 3.8) is 0 Å². The van der Waals surface area contributed by atoms with Crippen LogP contribution >= 0.6 is 0 Å². The van der Waals surface area contributed by atoms with Gasteiger partial charge in [-0.1, -0.05) is 13.8 Å². The second kappa shape index (κ2) is 8.32. The molecule has 1 aromatic rings. The molecule has 8 nitrogen and oxygen atoms in total. The fourth-order valence-corrected chi connectivity index (χ4v) is 3.21. The summed E-state index contributed by atoms with van der Waals surface area (Å²) >= 11 is 0. The number of nitrogens with one attached hydrogen (secondary N) is 1. The third-order valence-corrected chi connectivity index (χ3v) is 4.59. The van der Waals surface area contributed by atoms with E-state index in [0.29, 0.717) is 25.7 Å². The van der Waals surface area contributed by atoms with Crippen LogP contribution in [0.15, 0.2) is 9.59 Å². The summed E-state index contributed by atoms with van der Waals surface area (Å²) in [6.45, 7) is 8.04. The fraction of sp³-hybridized carbons (Fsp3) is 0.706. The zero-order valence-electron chi connectivity index (χ0n) is 15.4. The van der Waals surface area contributed by atoms with E-state index in [0.717, 1.165) is 24.1 Å². The number of rotatable bonds is 6. The van der Waals surface area contributed by atoms with Gasteiger partial charge >= 0.3 is 5.69 Å². The van der Waals surface area contributed by atoms with E-state index in [4.69, 9.17) is 4.74 Å². The number of morpholine rings is 1. The lowest BCUT2D eigenvalue weighted by Crippen LogP contribution is -2.48. The summed E-state index contributed by atoms with van der Waals surface area (Å²) in [7, 11) is 2.95. The molecule has 0 aromatic carbocycles. The lowest BCUT2D eigenvalue weighted by atomic mass is 10.0. The SMILES string of the molecule is CC(C)C[C@@H](CNc1c(C#N)c(=O)n(C)c(=O)n1C)N1CCOCC1. The summed E-state index contributed by atoms with van der Waals surface area (Å²) in [4.78, 5) is 26.7. The Kier molecular flexibility index (Phi) is 6.39. The van der Waals surface area contributed by atoms with Gasteiger partial charge < -0.3 is 10.1 Å². The zero-order chi connectivity index (χ0) is 18.6. The van der Waals surface area contributed by atoms with Crippen molar-refractivity contribution in [3.05, 3.63) is 26.4 Å². The number of nitriles is 1. The van der Waals surface area contributed by atoms with Crippen molar-refractivity contribution in [3.8, 4) is 6.07 Å². The predicted octanol–water partition coefficient (Wildman–Crippen LogP) is 0.114. The molecule has 1 aromatic heterocycles. The lowest BCUT2D eigenvalue weighted by Gasteiger charge is -2.35. The van der Waals surface area contributed by atoms with Crippen LogP contribution in [0.4, 0.5) is 5.82 Å². The van der Waals surface area contributed by atoms with Crippen molar-refractivity contribution in [2.75, 3.05) is 38.2 Å². The Labute approximate surface area is 147 Å². The van der Waals surface area contributed by atoms with Gasteiger partial charge in [0.25, 0.3) is 5.56 Å². The first-order valence-electron chi connectivity index (χ1n) is 8.62. The molecule has 25 heavy (non-hydrogen) atoms. The molecule has 0 aliphatic carbocycles. The summed E-state index contributed by atoms with van der Waals surface area (Å²) in [6, 6.07) is 2.17. The molecule has 0 unspecified atom stereocenters. The Hall–Kier alpha value is -2.11. The van der Waals surface area contributed by atoms with Crippen molar-refractivity contribution >= 4 is 5.82 Å². The molecule has 0 spiro atoms. The van der Waals surface area contributed by atoms with Gasteiger partial charge in [0.1, 0.15) is 11.9 Å². The predicted molar refractivity (Wildman–Crippen MR) is 95.8 cm³/mol. The molecule has 0 bridgehead atoms. The van der Waals surface area contributed by atoms with E-state index < -0.39 is 11.2 Å². The van der Waals surface area contributed by atoms with Crippen molar-refractivity contribution in [2.45, 2.75) is 26.3 Å². The maximum atomic E-state index is 12.2. The van der Waals surface area contributed by atoms with Crippen LogP contribution in [0.5, 0.6) is 0 Å². The molecule has 8 heteroatoms. The summed E-state index contributed by atoms with van der Waals surface area (Å²) in [5.41, 5.74) is -1.05. The van der Waals surface area contributed by atoms with Crippen LogP contribution < -0.4 is 16.6 Å². The summed E-state index contributed by atoms with van der Waals surface area (Å²) in [6.07, 6.45) is 0.980. The molecule has 1 fully saturated rings. The fourth-order valence-electron chi connectivity index (χ4n) is 3.21. The molecule has 2 rings (SSSR count). The smallest absolute Gasteiger partial charge is 0.332 e. The van der Waals surface area contributed by atoms with Gasteiger partial charge in [-0.25, -0.2) is 4.79 Å². The number of hydrogen-bond acceptors (Lipinski definition) is 6. The van der Waals surface area contributed by atoms with E-state index in [9.17, 15) is 14.9 Å². The van der Waals surface area contributed by atoms with Gasteiger partial charge in [0.2, 0.25) is 0 Å². The molecule has 1 N–H and O–H groups in total. The van der Waals surface area contributed by atoms with Gasteiger partial charge in [-0.2, -0.15) is 5.26 Å². The average Bonchev–Trinajstić information content (AvgIpc) is 2.61. The van der Waals surface area contributed by atoms with E-state index in [2.05, 4.69) is 24.1 Å². The van der Waals surface area contributed by atoms with E-state index in [1.54, 1.807) is 7.05 Å². The van der Waals surface area contributed by atoms with Crippen molar-refractivity contribution < 1.29 is 4.74 Å². The number of anilines is 1. The number of hydrogen-bond donors (Lipinski definition) is 1. The van der Waals surface area contributed by atoms with Gasteiger partial charge in [0.05, 0.1) is 13.2 Å². The van der Waals surface area contributed by atoms with Gasteiger partial charge in [-0.05, 0) is 12.3 Å². The van der Waals surface area contributed by atoms with E-state index >= 15 is 0 Å². The van der Waals surface area contributed by atoms with E-state index in [1.807, 2.05) is 6.07 Å². The lowest BCUT2D eigenvalue weighted by molar-refractivity contribution is 0.0150. The molecule has 1 aliphatic heterocycles. The highest BCUT2D eigenvalue weighted by atomic mass is 16.5. The standard InChI is InChI=1S/C17H27N5O3/c1-12(2)9-13(22-5-7-25-8-6-22)11-19-15-14(10-18)16(23)21(4)17(24)20(15)3/h12-13,19H,5-9,11H2,1-4H3/t13-/m0/s1. The molecule has 138 valence electrons. The third-order valence-electron chi connectivity index (χ3n) is 4.59. The van der Waals surface area contributed by atoms with Crippen molar-refractivity contribution in [2.24, 2.45) is 20.0 Å². The van der Waals surface area contributed by atoms with Gasteiger partial charge in [-0.3, -0.25) is 18.8 Å². The molecule has 0 amide bonds. The normalized spacial score (nSPS) is 16.6. The number of ether oxygens (including phenoxy) is 1.